The number of carbonyl (C=O) groups excluding carboxylic acids is 2. The fraction of sp³-hybridized carbons (Fsp3) is 0.481. The highest BCUT2D eigenvalue weighted by Gasteiger charge is 2.37. The Kier molecular flexibility index (Phi) is 7.70. The second-order valence-corrected chi connectivity index (χ2v) is 9.32. The van der Waals surface area contributed by atoms with E-state index in [1.54, 1.807) is 26.4 Å². The van der Waals surface area contributed by atoms with Gasteiger partial charge in [0.05, 0.1) is 20.1 Å². The largest absolute Gasteiger partial charge is 0.493 e. The first-order valence-electron chi connectivity index (χ1n) is 12.0. The smallest absolute Gasteiger partial charge is 0.225 e. The zero-order chi connectivity index (χ0) is 24.1. The Balaban J connectivity index is 1.53. The third kappa shape index (κ3) is 5.51. The van der Waals surface area contributed by atoms with Crippen molar-refractivity contribution in [3.05, 3.63) is 59.4 Å². The Morgan fingerprint density at radius 1 is 1.00 bits per heavy atom. The molecule has 34 heavy (non-hydrogen) atoms. The van der Waals surface area contributed by atoms with Gasteiger partial charge in [-0.15, -0.1) is 0 Å². The Morgan fingerprint density at radius 3 is 2.47 bits per heavy atom. The van der Waals surface area contributed by atoms with Gasteiger partial charge >= 0.3 is 0 Å². The van der Waals surface area contributed by atoms with Gasteiger partial charge in [-0.25, -0.2) is 4.39 Å². The van der Waals surface area contributed by atoms with Crippen LogP contribution in [0.25, 0.3) is 0 Å². The number of likely N-dealkylation sites (tertiary alicyclic amines) is 1. The maximum Gasteiger partial charge on any atom is 0.225 e. The average Bonchev–Trinajstić information content (AvgIpc) is 3.41. The summed E-state index contributed by atoms with van der Waals surface area (Å²) in [6.07, 6.45) is 4.64. The van der Waals surface area contributed by atoms with E-state index in [0.717, 1.165) is 31.2 Å². The van der Waals surface area contributed by atoms with E-state index in [1.165, 1.54) is 12.1 Å². The summed E-state index contributed by atoms with van der Waals surface area (Å²) in [5.41, 5.74) is 1.73. The molecule has 1 aliphatic carbocycles. The van der Waals surface area contributed by atoms with Crippen molar-refractivity contribution in [1.82, 2.24) is 10.2 Å². The molecule has 2 fully saturated rings. The van der Waals surface area contributed by atoms with Crippen molar-refractivity contribution in [1.29, 1.82) is 0 Å². The van der Waals surface area contributed by atoms with Gasteiger partial charge in [0.15, 0.2) is 11.5 Å². The number of halogens is 1. The van der Waals surface area contributed by atoms with Crippen LogP contribution < -0.4 is 14.8 Å². The zero-order valence-corrected chi connectivity index (χ0v) is 19.9. The van der Waals surface area contributed by atoms with Crippen LogP contribution in [0, 0.1) is 17.7 Å². The van der Waals surface area contributed by atoms with Gasteiger partial charge in [-0.2, -0.15) is 0 Å². The van der Waals surface area contributed by atoms with Gasteiger partial charge in [0.25, 0.3) is 0 Å². The molecular weight excluding hydrogens is 435 g/mol. The van der Waals surface area contributed by atoms with Crippen LogP contribution >= 0.6 is 0 Å². The molecule has 1 aliphatic heterocycles. The lowest BCUT2D eigenvalue weighted by Crippen LogP contribution is -2.49. The Hall–Kier alpha value is -3.09. The molecule has 2 aromatic carbocycles. The summed E-state index contributed by atoms with van der Waals surface area (Å²) in [4.78, 5) is 28.3. The molecule has 0 aromatic heterocycles. The highest BCUT2D eigenvalue weighted by atomic mass is 19.1. The third-order valence-corrected chi connectivity index (χ3v) is 7.07. The summed E-state index contributed by atoms with van der Waals surface area (Å²) < 4.78 is 24.4. The van der Waals surface area contributed by atoms with Crippen molar-refractivity contribution in [3.63, 3.8) is 0 Å². The van der Waals surface area contributed by atoms with Crippen LogP contribution in [0.15, 0.2) is 42.5 Å². The summed E-state index contributed by atoms with van der Waals surface area (Å²) >= 11 is 0. The second-order valence-electron chi connectivity index (χ2n) is 9.32. The van der Waals surface area contributed by atoms with E-state index in [9.17, 15) is 14.0 Å². The number of carbonyl (C=O) groups is 2. The molecule has 2 atom stereocenters. The third-order valence-electron chi connectivity index (χ3n) is 7.07. The molecule has 1 saturated carbocycles. The van der Waals surface area contributed by atoms with Gasteiger partial charge in [0.1, 0.15) is 5.82 Å². The topological polar surface area (TPSA) is 67.9 Å². The van der Waals surface area contributed by atoms with E-state index < -0.39 is 0 Å². The molecule has 0 bridgehead atoms. The van der Waals surface area contributed by atoms with Crippen molar-refractivity contribution in [2.45, 2.75) is 44.6 Å². The first-order valence-corrected chi connectivity index (χ1v) is 12.0. The summed E-state index contributed by atoms with van der Waals surface area (Å²) in [6, 6.07) is 12.0. The normalized spacial score (nSPS) is 20.7. The van der Waals surface area contributed by atoms with Crippen LogP contribution in [0.3, 0.4) is 0 Å². The zero-order valence-electron chi connectivity index (χ0n) is 19.9. The van der Waals surface area contributed by atoms with Crippen LogP contribution in [-0.2, 0) is 16.1 Å². The number of methoxy groups -OCH3 is 2. The minimum absolute atomic E-state index is 0.00355. The maximum absolute atomic E-state index is 13.5. The van der Waals surface area contributed by atoms with Crippen molar-refractivity contribution >= 4 is 11.8 Å². The van der Waals surface area contributed by atoms with Crippen molar-refractivity contribution in [2.24, 2.45) is 11.8 Å². The highest BCUT2D eigenvalue weighted by molar-refractivity contribution is 5.82. The lowest BCUT2D eigenvalue weighted by atomic mass is 9.83. The molecule has 0 unspecified atom stereocenters. The minimum Gasteiger partial charge on any atom is -0.493 e. The van der Waals surface area contributed by atoms with Crippen molar-refractivity contribution < 1.29 is 23.5 Å². The van der Waals surface area contributed by atoms with Gasteiger partial charge in [-0.1, -0.05) is 31.0 Å². The molecular formula is C27H33FN2O4. The second kappa shape index (κ2) is 10.9. The van der Waals surface area contributed by atoms with Crippen LogP contribution in [0.4, 0.5) is 4.39 Å². The molecule has 182 valence electrons. The molecule has 1 saturated heterocycles. The molecule has 4 rings (SSSR count). The Morgan fingerprint density at radius 2 is 1.76 bits per heavy atom. The van der Waals surface area contributed by atoms with E-state index in [4.69, 9.17) is 9.47 Å². The lowest BCUT2D eigenvalue weighted by molar-refractivity contribution is -0.139. The van der Waals surface area contributed by atoms with Gasteiger partial charge in [-0.05, 0) is 54.7 Å². The molecule has 0 radical (unpaired) electrons. The molecule has 6 nitrogen and oxygen atoms in total. The molecule has 2 aromatic rings. The number of nitrogens with one attached hydrogen (secondary N) is 1. The van der Waals surface area contributed by atoms with E-state index in [1.807, 2.05) is 23.1 Å². The van der Waals surface area contributed by atoms with E-state index in [2.05, 4.69) is 5.32 Å². The summed E-state index contributed by atoms with van der Waals surface area (Å²) in [5, 5.41) is 2.95. The van der Waals surface area contributed by atoms with Gasteiger partial charge in [0, 0.05) is 31.5 Å². The van der Waals surface area contributed by atoms with E-state index in [0.29, 0.717) is 36.6 Å². The van der Waals surface area contributed by atoms with E-state index >= 15 is 0 Å². The molecule has 0 spiro atoms. The molecule has 2 amide bonds. The first-order chi connectivity index (χ1) is 16.5. The van der Waals surface area contributed by atoms with Crippen LogP contribution in [0.1, 0.15) is 49.1 Å². The molecule has 1 heterocycles. The number of rotatable bonds is 7. The summed E-state index contributed by atoms with van der Waals surface area (Å²) in [7, 11) is 3.19. The van der Waals surface area contributed by atoms with Crippen LogP contribution in [-0.4, -0.2) is 44.0 Å². The number of benzene rings is 2. The van der Waals surface area contributed by atoms with Crippen LogP contribution in [0.5, 0.6) is 11.5 Å². The molecule has 7 heteroatoms. The van der Waals surface area contributed by atoms with Gasteiger partial charge < -0.3 is 19.7 Å². The predicted octanol–water partition coefficient (Wildman–Crippen LogP) is 4.28. The standard InChI is InChI=1S/C27H33FN2O4/c1-33-24-11-10-20(14-25(24)34-2)21-13-22(17-30(16-21)27(32)19-7-3-4-8-19)26(31)29-15-18-6-5-9-23(28)12-18/h5-6,9-12,14,19,21-22H,3-4,7-8,13,15-17H2,1-2H3,(H,29,31)/t21-,22+/m0/s1. The Bertz CT molecular complexity index is 1020. The highest BCUT2D eigenvalue weighted by Crippen LogP contribution is 2.37. The monoisotopic (exact) mass is 468 g/mol. The number of ether oxygens (including phenoxy) is 2. The van der Waals surface area contributed by atoms with Gasteiger partial charge in [-0.3, -0.25) is 9.59 Å². The predicted molar refractivity (Wildman–Crippen MR) is 127 cm³/mol. The number of piperidine rings is 1. The van der Waals surface area contributed by atoms with Gasteiger partial charge in [0.2, 0.25) is 11.8 Å². The van der Waals surface area contributed by atoms with E-state index in [-0.39, 0.29) is 41.9 Å². The van der Waals surface area contributed by atoms with Crippen molar-refractivity contribution in [2.75, 3.05) is 27.3 Å². The number of amides is 2. The molecule has 2 aliphatic rings. The average molecular weight is 469 g/mol. The fourth-order valence-corrected chi connectivity index (χ4v) is 5.23. The SMILES string of the molecule is COc1ccc([C@H]2C[C@@H](C(=O)NCc3cccc(F)c3)CN(C(=O)C3CCCC3)C2)cc1OC. The first kappa shape index (κ1) is 24.0. The number of nitrogens with zero attached hydrogens (tertiary/aromatic N) is 1. The number of hydrogen-bond acceptors (Lipinski definition) is 4. The summed E-state index contributed by atoms with van der Waals surface area (Å²) in [6.45, 7) is 1.25. The lowest BCUT2D eigenvalue weighted by Gasteiger charge is -2.38. The van der Waals surface area contributed by atoms with Crippen LogP contribution in [0.2, 0.25) is 0 Å². The maximum atomic E-state index is 13.5. The molecule has 1 N–H and O–H groups in total. The van der Waals surface area contributed by atoms with Crippen molar-refractivity contribution in [3.8, 4) is 11.5 Å². The Labute approximate surface area is 200 Å². The fourth-order valence-electron chi connectivity index (χ4n) is 5.23. The minimum atomic E-state index is -0.342. The number of hydrogen-bond donors (Lipinski definition) is 1. The summed E-state index contributed by atoms with van der Waals surface area (Å²) in [5.74, 6) is 0.710. The quantitative estimate of drug-likeness (QED) is 0.659.